The smallest absolute Gasteiger partial charge is 0.328 e. The largest absolute Gasteiger partial charge is 0.381 e. The molecule has 2 saturated heterocycles. The third kappa shape index (κ3) is 4.60. The maximum atomic E-state index is 14.0. The molecular formula is C13H21F2NO5S. The molecule has 2 rings (SSSR count). The molecule has 1 atom stereocenters. The van der Waals surface area contributed by atoms with Crippen molar-refractivity contribution >= 4 is 15.9 Å². The summed E-state index contributed by atoms with van der Waals surface area (Å²) >= 11 is 0. The molecule has 0 saturated carbocycles. The fourth-order valence-corrected chi connectivity index (χ4v) is 3.76. The fraction of sp³-hybridized carbons (Fsp3) is 0.923. The van der Waals surface area contributed by atoms with Crippen molar-refractivity contribution in [3.8, 4) is 0 Å². The van der Waals surface area contributed by atoms with Crippen LogP contribution in [-0.2, 0) is 24.3 Å². The zero-order chi connectivity index (χ0) is 16.2. The molecule has 0 aromatic heterocycles. The minimum Gasteiger partial charge on any atom is -0.381 e. The second-order valence-corrected chi connectivity index (χ2v) is 7.53. The van der Waals surface area contributed by atoms with Crippen molar-refractivity contribution in [1.82, 2.24) is 4.72 Å². The van der Waals surface area contributed by atoms with Gasteiger partial charge in [0.1, 0.15) is 0 Å². The number of ether oxygens (including phenoxy) is 2. The standard InChI is InChI=1S/C13H21F2NO5S/c14-13(15,10-3-7-20-8-4-10)12(17)16-22(18,19)9-5-11-2-1-6-21-11/h10-11H,1-9H2,(H,16,17). The second-order valence-electron chi connectivity index (χ2n) is 5.68. The average Bonchev–Trinajstić information content (AvgIpc) is 2.99. The topological polar surface area (TPSA) is 81.7 Å². The van der Waals surface area contributed by atoms with Crippen molar-refractivity contribution in [3.05, 3.63) is 0 Å². The first-order chi connectivity index (χ1) is 10.3. The Bertz CT molecular complexity index is 485. The maximum absolute atomic E-state index is 14.0. The van der Waals surface area contributed by atoms with Gasteiger partial charge in [-0.2, -0.15) is 8.78 Å². The van der Waals surface area contributed by atoms with E-state index in [4.69, 9.17) is 9.47 Å². The average molecular weight is 341 g/mol. The minimum absolute atomic E-state index is 0.0381. The van der Waals surface area contributed by atoms with Gasteiger partial charge in [0.25, 0.3) is 0 Å². The van der Waals surface area contributed by atoms with Gasteiger partial charge in [0.05, 0.1) is 11.9 Å². The van der Waals surface area contributed by atoms with Crippen LogP contribution in [0.2, 0.25) is 0 Å². The van der Waals surface area contributed by atoms with Gasteiger partial charge in [0.2, 0.25) is 10.0 Å². The van der Waals surface area contributed by atoms with Gasteiger partial charge in [-0.1, -0.05) is 0 Å². The zero-order valence-corrected chi connectivity index (χ0v) is 13.0. The Morgan fingerprint density at radius 2 is 1.86 bits per heavy atom. The van der Waals surface area contributed by atoms with Crippen molar-refractivity contribution in [3.63, 3.8) is 0 Å². The molecule has 1 N–H and O–H groups in total. The van der Waals surface area contributed by atoms with Crippen molar-refractivity contribution in [2.24, 2.45) is 5.92 Å². The number of carbonyl (C=O) groups excluding carboxylic acids is 1. The number of hydrogen-bond donors (Lipinski definition) is 1. The maximum Gasteiger partial charge on any atom is 0.328 e. The Kier molecular flexibility index (Phi) is 5.73. The van der Waals surface area contributed by atoms with E-state index < -0.39 is 33.5 Å². The van der Waals surface area contributed by atoms with E-state index in [9.17, 15) is 22.0 Å². The van der Waals surface area contributed by atoms with Crippen molar-refractivity contribution in [1.29, 1.82) is 0 Å². The fourth-order valence-electron chi connectivity index (χ4n) is 2.66. The summed E-state index contributed by atoms with van der Waals surface area (Å²) in [7, 11) is -4.08. The van der Waals surface area contributed by atoms with Gasteiger partial charge < -0.3 is 9.47 Å². The summed E-state index contributed by atoms with van der Waals surface area (Å²) in [6.07, 6.45) is 1.71. The van der Waals surface area contributed by atoms with Gasteiger partial charge in [-0.05, 0) is 32.1 Å². The number of hydrogen-bond acceptors (Lipinski definition) is 5. The van der Waals surface area contributed by atoms with Crippen LogP contribution in [0.1, 0.15) is 32.1 Å². The molecule has 0 aliphatic carbocycles. The van der Waals surface area contributed by atoms with Crippen LogP contribution in [0.25, 0.3) is 0 Å². The van der Waals surface area contributed by atoms with E-state index in [0.717, 1.165) is 12.8 Å². The molecule has 2 aliphatic heterocycles. The lowest BCUT2D eigenvalue weighted by Crippen LogP contribution is -2.49. The highest BCUT2D eigenvalue weighted by molar-refractivity contribution is 7.90. The Balaban J connectivity index is 1.87. The second kappa shape index (κ2) is 7.18. The molecule has 0 aromatic carbocycles. The van der Waals surface area contributed by atoms with Crippen LogP contribution in [0, 0.1) is 5.92 Å². The molecule has 1 unspecified atom stereocenters. The van der Waals surface area contributed by atoms with Crippen LogP contribution in [0.5, 0.6) is 0 Å². The highest BCUT2D eigenvalue weighted by Crippen LogP contribution is 2.32. The van der Waals surface area contributed by atoms with Gasteiger partial charge >= 0.3 is 11.8 Å². The molecule has 2 fully saturated rings. The van der Waals surface area contributed by atoms with Crippen LogP contribution >= 0.6 is 0 Å². The molecule has 0 bridgehead atoms. The molecule has 0 radical (unpaired) electrons. The molecule has 0 aromatic rings. The summed E-state index contributed by atoms with van der Waals surface area (Å²) in [5, 5.41) is 0. The number of amides is 1. The van der Waals surface area contributed by atoms with E-state index >= 15 is 0 Å². The monoisotopic (exact) mass is 341 g/mol. The molecule has 9 heteroatoms. The third-order valence-corrected chi connectivity index (χ3v) is 5.29. The first kappa shape index (κ1) is 17.6. The molecule has 22 heavy (non-hydrogen) atoms. The quantitative estimate of drug-likeness (QED) is 0.781. The van der Waals surface area contributed by atoms with Gasteiger partial charge in [0.15, 0.2) is 0 Å². The normalized spacial score (nSPS) is 24.4. The van der Waals surface area contributed by atoms with Crippen molar-refractivity contribution in [2.45, 2.75) is 44.1 Å². The third-order valence-electron chi connectivity index (χ3n) is 4.02. The SMILES string of the molecule is O=C(NS(=O)(=O)CCC1CCCO1)C(F)(F)C1CCOCC1. The molecule has 128 valence electrons. The Hall–Kier alpha value is -0.800. The molecule has 6 nitrogen and oxygen atoms in total. The molecule has 0 spiro atoms. The van der Waals surface area contributed by atoms with Crippen LogP contribution in [0.4, 0.5) is 8.78 Å². The molecular weight excluding hydrogens is 320 g/mol. The van der Waals surface area contributed by atoms with Crippen molar-refractivity contribution < 1.29 is 31.5 Å². The minimum atomic E-state index is -4.08. The van der Waals surface area contributed by atoms with Crippen LogP contribution in [0.15, 0.2) is 0 Å². The predicted octanol–water partition coefficient (Wildman–Crippen LogP) is 1.06. The van der Waals surface area contributed by atoms with Crippen LogP contribution in [0.3, 0.4) is 0 Å². The molecule has 1 amide bonds. The van der Waals surface area contributed by atoms with Crippen LogP contribution < -0.4 is 4.72 Å². The van der Waals surface area contributed by atoms with Crippen molar-refractivity contribution in [2.75, 3.05) is 25.6 Å². The first-order valence-corrected chi connectivity index (χ1v) is 9.08. The number of nitrogens with one attached hydrogen (secondary N) is 1. The van der Waals surface area contributed by atoms with E-state index in [1.807, 2.05) is 0 Å². The van der Waals surface area contributed by atoms with Gasteiger partial charge in [-0.3, -0.25) is 4.79 Å². The van der Waals surface area contributed by atoms with E-state index in [0.29, 0.717) is 6.61 Å². The number of carbonyl (C=O) groups is 1. The summed E-state index contributed by atoms with van der Waals surface area (Å²) in [6, 6.07) is 0. The highest BCUT2D eigenvalue weighted by Gasteiger charge is 2.48. The highest BCUT2D eigenvalue weighted by atomic mass is 32.2. The summed E-state index contributed by atoms with van der Waals surface area (Å²) in [5.41, 5.74) is 0. The van der Waals surface area contributed by atoms with E-state index in [1.165, 1.54) is 4.72 Å². The van der Waals surface area contributed by atoms with E-state index in [1.54, 1.807) is 0 Å². The lowest BCUT2D eigenvalue weighted by atomic mass is 9.92. The predicted molar refractivity (Wildman–Crippen MR) is 74.0 cm³/mol. The van der Waals surface area contributed by atoms with Crippen LogP contribution in [-0.4, -0.2) is 51.9 Å². The summed E-state index contributed by atoms with van der Waals surface area (Å²) in [6.45, 7) is 0.886. The van der Waals surface area contributed by atoms with E-state index in [2.05, 4.69) is 0 Å². The summed E-state index contributed by atoms with van der Waals surface area (Å²) in [4.78, 5) is 11.7. The number of rotatable bonds is 6. The molecule has 2 heterocycles. The lowest BCUT2D eigenvalue weighted by Gasteiger charge is -2.28. The van der Waals surface area contributed by atoms with Gasteiger partial charge in [-0.15, -0.1) is 0 Å². The zero-order valence-electron chi connectivity index (χ0n) is 12.2. The van der Waals surface area contributed by atoms with Gasteiger partial charge in [0, 0.05) is 25.7 Å². The number of sulfonamides is 1. The molecule has 2 aliphatic rings. The number of halogens is 2. The Morgan fingerprint density at radius 1 is 1.18 bits per heavy atom. The first-order valence-electron chi connectivity index (χ1n) is 7.43. The lowest BCUT2D eigenvalue weighted by molar-refractivity contribution is -0.157. The Labute approximate surface area is 128 Å². The summed E-state index contributed by atoms with van der Waals surface area (Å²) in [5.74, 6) is -7.03. The Morgan fingerprint density at radius 3 is 2.45 bits per heavy atom. The summed E-state index contributed by atoms with van der Waals surface area (Å²) < 4.78 is 63.4. The number of alkyl halides is 2. The van der Waals surface area contributed by atoms with Gasteiger partial charge in [-0.25, -0.2) is 13.1 Å². The van der Waals surface area contributed by atoms with E-state index in [-0.39, 0.29) is 38.6 Å².